The Morgan fingerprint density at radius 3 is 2.00 bits per heavy atom. The van der Waals surface area contributed by atoms with Crippen molar-refractivity contribution in [3.05, 3.63) is 35.9 Å². The minimum absolute atomic E-state index is 0.102. The van der Waals surface area contributed by atoms with E-state index in [0.717, 1.165) is 0 Å². The summed E-state index contributed by atoms with van der Waals surface area (Å²) < 4.78 is 83.0. The van der Waals surface area contributed by atoms with Crippen LogP contribution < -0.4 is 10.5 Å². The molecule has 1 aliphatic rings. The highest BCUT2D eigenvalue weighted by Gasteiger charge is 2.80. The topological polar surface area (TPSA) is 55.1 Å². The third-order valence-corrected chi connectivity index (χ3v) is 5.99. The Kier molecular flexibility index (Phi) is 5.23. The Hall–Kier alpha value is -1.58. The van der Waals surface area contributed by atoms with Crippen molar-refractivity contribution in [2.24, 2.45) is 11.1 Å². The molecule has 25 heavy (non-hydrogen) atoms. The molecule has 1 saturated carbocycles. The lowest BCUT2D eigenvalue weighted by Gasteiger charge is -2.53. The summed E-state index contributed by atoms with van der Waals surface area (Å²) in [4.78, 5) is 11.1. The molecule has 0 heterocycles. The normalized spacial score (nSPS) is 23.9. The lowest BCUT2D eigenvalue weighted by Crippen LogP contribution is -2.63. The fourth-order valence-corrected chi connectivity index (χ4v) is 4.80. The Morgan fingerprint density at radius 1 is 1.00 bits per heavy atom. The van der Waals surface area contributed by atoms with Crippen LogP contribution in [0.2, 0.25) is 0 Å². The number of alkyl halides is 6. The molecule has 2 rings (SSSR count). The zero-order chi connectivity index (χ0) is 18.9. The highest BCUT2D eigenvalue weighted by Crippen LogP contribution is 2.69. The number of nitrogens with one attached hydrogen (secondary N) is 1. The first-order chi connectivity index (χ1) is 11.5. The number of nitrogens with two attached hydrogens (primary N) is 1. The van der Waals surface area contributed by atoms with E-state index in [1.807, 2.05) is 4.72 Å². The number of primary amides is 1. The zero-order valence-corrected chi connectivity index (χ0v) is 13.7. The molecule has 0 saturated heterocycles. The van der Waals surface area contributed by atoms with Gasteiger partial charge in [0.15, 0.2) is 5.41 Å². The number of urea groups is 1. The summed E-state index contributed by atoms with van der Waals surface area (Å²) in [6.07, 6.45) is -12.7. The molecule has 10 heteroatoms. The molecule has 140 valence electrons. The van der Waals surface area contributed by atoms with Crippen molar-refractivity contribution in [2.75, 3.05) is 0 Å². The monoisotopic (exact) mass is 386 g/mol. The van der Waals surface area contributed by atoms with Crippen LogP contribution in [0.15, 0.2) is 30.3 Å². The number of hydrogen-bond acceptors (Lipinski definition) is 2. The summed E-state index contributed by atoms with van der Waals surface area (Å²) in [6.45, 7) is 0. The molecule has 0 aromatic heterocycles. The molecule has 1 aliphatic carbocycles. The van der Waals surface area contributed by atoms with E-state index in [-0.39, 0.29) is 30.4 Å². The van der Waals surface area contributed by atoms with Gasteiger partial charge in [-0.15, -0.1) is 0 Å². The standard InChI is InChI=1S/C15H16F6N2OS/c16-14(17,18)13(15(19,20)21)9-5-4-8-12(13,25-23-11(22)24)10-6-2-1-3-7-10/h1-3,6-7H,4-5,8-9H2,(H3,22,23,24). The third-order valence-electron chi connectivity index (χ3n) is 4.55. The van der Waals surface area contributed by atoms with Crippen LogP contribution in [-0.2, 0) is 4.75 Å². The molecule has 0 radical (unpaired) electrons. The van der Waals surface area contributed by atoms with Crippen molar-refractivity contribution in [3.8, 4) is 0 Å². The maximum atomic E-state index is 13.9. The summed E-state index contributed by atoms with van der Waals surface area (Å²) in [6, 6.07) is 5.46. The second-order valence-corrected chi connectivity index (χ2v) is 6.97. The Balaban J connectivity index is 2.77. The number of benzene rings is 1. The van der Waals surface area contributed by atoms with Gasteiger partial charge in [-0.1, -0.05) is 43.2 Å². The van der Waals surface area contributed by atoms with Crippen molar-refractivity contribution in [2.45, 2.75) is 42.8 Å². The van der Waals surface area contributed by atoms with Crippen LogP contribution in [0.5, 0.6) is 0 Å². The number of hydrogen-bond donors (Lipinski definition) is 2. The van der Waals surface area contributed by atoms with Gasteiger partial charge in [0.05, 0.1) is 4.75 Å². The first-order valence-electron chi connectivity index (χ1n) is 7.40. The molecule has 0 aliphatic heterocycles. The molecule has 3 N–H and O–H groups in total. The van der Waals surface area contributed by atoms with Crippen molar-refractivity contribution in [1.29, 1.82) is 0 Å². The largest absolute Gasteiger partial charge is 0.404 e. The maximum absolute atomic E-state index is 13.9. The van der Waals surface area contributed by atoms with E-state index in [1.54, 1.807) is 0 Å². The Morgan fingerprint density at radius 2 is 1.52 bits per heavy atom. The van der Waals surface area contributed by atoms with Crippen LogP contribution in [-0.4, -0.2) is 18.4 Å². The number of carbonyl (C=O) groups is 1. The SMILES string of the molecule is NC(=O)NSC1(c2ccccc2)CCCCC1(C(F)(F)F)C(F)(F)F. The molecule has 1 unspecified atom stereocenters. The van der Waals surface area contributed by atoms with Crippen LogP contribution in [0.4, 0.5) is 31.1 Å². The van der Waals surface area contributed by atoms with Crippen LogP contribution in [0, 0.1) is 5.41 Å². The van der Waals surface area contributed by atoms with Crippen molar-refractivity contribution < 1.29 is 31.1 Å². The lowest BCUT2D eigenvalue weighted by atomic mass is 9.61. The minimum atomic E-state index is -5.56. The maximum Gasteiger partial charge on any atom is 0.404 e. The van der Waals surface area contributed by atoms with Gasteiger partial charge in [0.2, 0.25) is 0 Å². The molecular weight excluding hydrogens is 370 g/mol. The van der Waals surface area contributed by atoms with E-state index in [0.29, 0.717) is 0 Å². The number of rotatable bonds is 3. The van der Waals surface area contributed by atoms with E-state index in [4.69, 9.17) is 5.73 Å². The van der Waals surface area contributed by atoms with Crippen molar-refractivity contribution in [3.63, 3.8) is 0 Å². The number of carbonyl (C=O) groups excluding carboxylic acids is 1. The van der Waals surface area contributed by atoms with Crippen LogP contribution in [0.25, 0.3) is 0 Å². The van der Waals surface area contributed by atoms with E-state index in [9.17, 15) is 31.1 Å². The van der Waals surface area contributed by atoms with Gasteiger partial charge < -0.3 is 5.73 Å². The molecule has 1 aromatic carbocycles. The second-order valence-electron chi connectivity index (χ2n) is 5.87. The van der Waals surface area contributed by atoms with Crippen LogP contribution in [0.1, 0.15) is 31.2 Å². The summed E-state index contributed by atoms with van der Waals surface area (Å²) in [5.41, 5.74) is 0.770. The zero-order valence-electron chi connectivity index (χ0n) is 12.9. The molecule has 3 nitrogen and oxygen atoms in total. The van der Waals surface area contributed by atoms with E-state index < -0.39 is 41.4 Å². The van der Waals surface area contributed by atoms with Gasteiger partial charge >= 0.3 is 18.4 Å². The summed E-state index contributed by atoms with van der Waals surface area (Å²) in [5.74, 6) is 0. The molecule has 1 fully saturated rings. The van der Waals surface area contributed by atoms with Gasteiger partial charge in [0.1, 0.15) is 0 Å². The summed E-state index contributed by atoms with van der Waals surface area (Å²) in [5, 5.41) is 0. The Bertz CT molecular complexity index is 605. The quantitative estimate of drug-likeness (QED) is 0.574. The second kappa shape index (κ2) is 6.62. The Labute approximate surface area is 144 Å². The average molecular weight is 386 g/mol. The molecule has 2 amide bonds. The first-order valence-corrected chi connectivity index (χ1v) is 8.22. The van der Waals surface area contributed by atoms with Crippen LogP contribution >= 0.6 is 11.9 Å². The summed E-state index contributed by atoms with van der Waals surface area (Å²) >= 11 is 0.102. The fraction of sp³-hybridized carbons (Fsp3) is 0.533. The number of halogens is 6. The predicted molar refractivity (Wildman–Crippen MR) is 81.4 cm³/mol. The smallest absolute Gasteiger partial charge is 0.351 e. The average Bonchev–Trinajstić information content (AvgIpc) is 2.51. The van der Waals surface area contributed by atoms with Gasteiger partial charge in [0, 0.05) is 0 Å². The van der Waals surface area contributed by atoms with Gasteiger partial charge in [-0.2, -0.15) is 26.3 Å². The first kappa shape index (κ1) is 19.7. The van der Waals surface area contributed by atoms with Gasteiger partial charge in [-0.05, 0) is 30.4 Å². The van der Waals surface area contributed by atoms with Crippen molar-refractivity contribution in [1.82, 2.24) is 4.72 Å². The predicted octanol–water partition coefficient (Wildman–Crippen LogP) is 4.88. The minimum Gasteiger partial charge on any atom is -0.351 e. The van der Waals surface area contributed by atoms with E-state index in [1.165, 1.54) is 30.3 Å². The van der Waals surface area contributed by atoms with E-state index >= 15 is 0 Å². The molecular formula is C15H16F6N2OS. The van der Waals surface area contributed by atoms with E-state index in [2.05, 4.69) is 0 Å². The highest BCUT2D eigenvalue weighted by atomic mass is 32.2. The molecule has 1 aromatic rings. The highest BCUT2D eigenvalue weighted by molar-refractivity contribution is 7.98. The van der Waals surface area contributed by atoms with Gasteiger partial charge in [0.25, 0.3) is 0 Å². The molecule has 0 bridgehead atoms. The van der Waals surface area contributed by atoms with Gasteiger partial charge in [-0.25, -0.2) is 4.79 Å². The van der Waals surface area contributed by atoms with Gasteiger partial charge in [-0.3, -0.25) is 4.72 Å². The third kappa shape index (κ3) is 3.16. The van der Waals surface area contributed by atoms with Crippen LogP contribution in [0.3, 0.4) is 0 Å². The molecule has 1 atom stereocenters. The summed E-state index contributed by atoms with van der Waals surface area (Å²) in [7, 11) is 0. The fourth-order valence-electron chi connectivity index (χ4n) is 3.51. The lowest BCUT2D eigenvalue weighted by molar-refractivity contribution is -0.361. The number of amides is 2. The van der Waals surface area contributed by atoms with Crippen molar-refractivity contribution >= 4 is 18.0 Å². The molecule has 0 spiro atoms.